The standard InChI is InChI=1S/C13H16N4O3S/c1-9-2-3-10(8-11(9)13(14)18)21(19,20)17-5-4-12-15-6-7-16-12/h2-3,6-8,17H,4-5H2,1H3,(H2,14,18)(H,15,16). The zero-order chi connectivity index (χ0) is 15.5. The van der Waals surface area contributed by atoms with E-state index in [1.54, 1.807) is 25.4 Å². The highest BCUT2D eigenvalue weighted by atomic mass is 32.2. The number of hydrogen-bond donors (Lipinski definition) is 3. The number of rotatable bonds is 6. The number of imidazole rings is 1. The molecule has 0 unspecified atom stereocenters. The molecule has 1 aromatic heterocycles. The normalized spacial score (nSPS) is 11.5. The maximum absolute atomic E-state index is 12.2. The van der Waals surface area contributed by atoms with Crippen LogP contribution in [-0.2, 0) is 16.4 Å². The molecule has 0 fully saturated rings. The number of nitrogens with zero attached hydrogens (tertiary/aromatic N) is 1. The Bertz CT molecular complexity index is 739. The lowest BCUT2D eigenvalue weighted by molar-refractivity contribution is 0.0999. The van der Waals surface area contributed by atoms with E-state index in [0.29, 0.717) is 17.8 Å². The number of amides is 1. The maximum atomic E-state index is 12.2. The lowest BCUT2D eigenvalue weighted by atomic mass is 10.1. The van der Waals surface area contributed by atoms with E-state index in [-0.39, 0.29) is 17.0 Å². The van der Waals surface area contributed by atoms with Crippen molar-refractivity contribution >= 4 is 15.9 Å². The topological polar surface area (TPSA) is 118 Å². The van der Waals surface area contributed by atoms with Gasteiger partial charge in [-0.2, -0.15) is 0 Å². The summed E-state index contributed by atoms with van der Waals surface area (Å²) in [5.74, 6) is 0.0413. The second kappa shape index (κ2) is 6.06. The summed E-state index contributed by atoms with van der Waals surface area (Å²) in [7, 11) is -3.69. The Balaban J connectivity index is 2.12. The molecule has 8 heteroatoms. The molecule has 112 valence electrons. The second-order valence-corrected chi connectivity index (χ2v) is 6.29. The molecule has 1 heterocycles. The first-order valence-corrected chi connectivity index (χ1v) is 7.77. The number of sulfonamides is 1. The van der Waals surface area contributed by atoms with Gasteiger partial charge < -0.3 is 10.7 Å². The number of benzene rings is 1. The van der Waals surface area contributed by atoms with Gasteiger partial charge in [-0.3, -0.25) is 4.79 Å². The minimum absolute atomic E-state index is 0.0151. The number of nitrogens with one attached hydrogen (secondary N) is 2. The van der Waals surface area contributed by atoms with Crippen LogP contribution in [0.4, 0.5) is 0 Å². The number of carbonyl (C=O) groups is 1. The molecule has 2 rings (SSSR count). The van der Waals surface area contributed by atoms with Gasteiger partial charge in [0.05, 0.1) is 4.90 Å². The third-order valence-corrected chi connectivity index (χ3v) is 4.45. The van der Waals surface area contributed by atoms with Gasteiger partial charge in [0, 0.05) is 30.9 Å². The van der Waals surface area contributed by atoms with Crippen LogP contribution >= 0.6 is 0 Å². The van der Waals surface area contributed by atoms with Crippen molar-refractivity contribution in [3.63, 3.8) is 0 Å². The van der Waals surface area contributed by atoms with E-state index in [1.807, 2.05) is 0 Å². The third kappa shape index (κ3) is 3.67. The molecule has 0 aliphatic heterocycles. The number of aromatic nitrogens is 2. The zero-order valence-electron chi connectivity index (χ0n) is 11.5. The van der Waals surface area contributed by atoms with Gasteiger partial charge in [-0.15, -0.1) is 0 Å². The summed E-state index contributed by atoms with van der Waals surface area (Å²) >= 11 is 0. The number of H-pyrrole nitrogens is 1. The van der Waals surface area contributed by atoms with Gasteiger partial charge in [0.2, 0.25) is 15.9 Å². The number of hydrogen-bond acceptors (Lipinski definition) is 4. The maximum Gasteiger partial charge on any atom is 0.249 e. The number of carbonyl (C=O) groups excluding carboxylic acids is 1. The summed E-state index contributed by atoms with van der Waals surface area (Å²) in [5.41, 5.74) is 6.06. The Morgan fingerprint density at radius 2 is 2.19 bits per heavy atom. The van der Waals surface area contributed by atoms with Gasteiger partial charge in [-0.05, 0) is 24.6 Å². The molecule has 7 nitrogen and oxygen atoms in total. The molecular weight excluding hydrogens is 292 g/mol. The molecule has 0 aliphatic carbocycles. The van der Waals surface area contributed by atoms with E-state index >= 15 is 0 Å². The Morgan fingerprint density at radius 1 is 1.43 bits per heavy atom. The van der Waals surface area contributed by atoms with Crippen LogP contribution < -0.4 is 10.5 Å². The summed E-state index contributed by atoms with van der Waals surface area (Å²) in [6, 6.07) is 4.28. The largest absolute Gasteiger partial charge is 0.366 e. The number of aryl methyl sites for hydroxylation is 1. The van der Waals surface area contributed by atoms with Crippen molar-refractivity contribution in [3.8, 4) is 0 Å². The van der Waals surface area contributed by atoms with Crippen LogP contribution in [0.3, 0.4) is 0 Å². The molecule has 0 aliphatic rings. The fourth-order valence-corrected chi connectivity index (χ4v) is 2.91. The average molecular weight is 308 g/mol. The quantitative estimate of drug-likeness (QED) is 0.713. The van der Waals surface area contributed by atoms with Crippen LogP contribution in [0, 0.1) is 6.92 Å². The fraction of sp³-hybridized carbons (Fsp3) is 0.231. The summed E-state index contributed by atoms with van der Waals surface area (Å²) in [6.07, 6.45) is 3.71. The lowest BCUT2D eigenvalue weighted by Gasteiger charge is -2.08. The van der Waals surface area contributed by atoms with E-state index in [4.69, 9.17) is 5.73 Å². The van der Waals surface area contributed by atoms with Gasteiger partial charge in [-0.1, -0.05) is 6.07 Å². The molecular formula is C13H16N4O3S. The minimum atomic E-state index is -3.69. The second-order valence-electron chi connectivity index (χ2n) is 4.52. The van der Waals surface area contributed by atoms with Crippen LogP contribution in [0.15, 0.2) is 35.5 Å². The van der Waals surface area contributed by atoms with E-state index in [2.05, 4.69) is 14.7 Å². The van der Waals surface area contributed by atoms with Crippen LogP contribution in [0.5, 0.6) is 0 Å². The highest BCUT2D eigenvalue weighted by Crippen LogP contribution is 2.15. The molecule has 1 aromatic carbocycles. The molecule has 4 N–H and O–H groups in total. The Labute approximate surface area is 122 Å². The monoisotopic (exact) mass is 308 g/mol. The van der Waals surface area contributed by atoms with E-state index < -0.39 is 15.9 Å². The van der Waals surface area contributed by atoms with Crippen LogP contribution in [0.1, 0.15) is 21.7 Å². The van der Waals surface area contributed by atoms with Crippen molar-refractivity contribution < 1.29 is 13.2 Å². The van der Waals surface area contributed by atoms with Gasteiger partial charge in [0.1, 0.15) is 5.82 Å². The van der Waals surface area contributed by atoms with Crippen LogP contribution in [0.25, 0.3) is 0 Å². The zero-order valence-corrected chi connectivity index (χ0v) is 12.3. The van der Waals surface area contributed by atoms with Gasteiger partial charge in [-0.25, -0.2) is 18.1 Å². The van der Waals surface area contributed by atoms with Crippen molar-refractivity contribution in [1.29, 1.82) is 0 Å². The molecule has 1 amide bonds. The molecule has 0 saturated heterocycles. The van der Waals surface area contributed by atoms with Crippen molar-refractivity contribution in [1.82, 2.24) is 14.7 Å². The van der Waals surface area contributed by atoms with E-state index in [1.165, 1.54) is 12.1 Å². The van der Waals surface area contributed by atoms with Crippen molar-refractivity contribution in [2.45, 2.75) is 18.2 Å². The van der Waals surface area contributed by atoms with Crippen molar-refractivity contribution in [2.75, 3.05) is 6.54 Å². The molecule has 2 aromatic rings. The Morgan fingerprint density at radius 3 is 2.81 bits per heavy atom. The van der Waals surface area contributed by atoms with Gasteiger partial charge in [0.15, 0.2) is 0 Å². The SMILES string of the molecule is Cc1ccc(S(=O)(=O)NCCc2ncc[nH]2)cc1C(N)=O. The van der Waals surface area contributed by atoms with Crippen LogP contribution in [0.2, 0.25) is 0 Å². The summed E-state index contributed by atoms with van der Waals surface area (Å²) in [4.78, 5) is 18.2. The molecule has 21 heavy (non-hydrogen) atoms. The summed E-state index contributed by atoms with van der Waals surface area (Å²) in [6.45, 7) is 1.90. The summed E-state index contributed by atoms with van der Waals surface area (Å²) < 4.78 is 26.8. The average Bonchev–Trinajstić information content (AvgIpc) is 2.91. The predicted molar refractivity (Wildman–Crippen MR) is 77.2 cm³/mol. The fourth-order valence-electron chi connectivity index (χ4n) is 1.86. The Hall–Kier alpha value is -2.19. The Kier molecular flexibility index (Phi) is 4.39. The highest BCUT2D eigenvalue weighted by Gasteiger charge is 2.16. The van der Waals surface area contributed by atoms with Crippen molar-refractivity contribution in [3.05, 3.63) is 47.5 Å². The van der Waals surface area contributed by atoms with Crippen LogP contribution in [-0.4, -0.2) is 30.8 Å². The summed E-state index contributed by atoms with van der Waals surface area (Å²) in [5, 5.41) is 0. The minimum Gasteiger partial charge on any atom is -0.366 e. The number of aromatic amines is 1. The van der Waals surface area contributed by atoms with E-state index in [9.17, 15) is 13.2 Å². The molecule has 0 saturated carbocycles. The lowest BCUT2D eigenvalue weighted by Crippen LogP contribution is -2.26. The molecule has 0 radical (unpaired) electrons. The highest BCUT2D eigenvalue weighted by molar-refractivity contribution is 7.89. The first-order valence-electron chi connectivity index (χ1n) is 6.28. The van der Waals surface area contributed by atoms with Gasteiger partial charge >= 0.3 is 0 Å². The molecule has 0 spiro atoms. The third-order valence-electron chi connectivity index (χ3n) is 2.99. The number of nitrogens with two attached hydrogens (primary N) is 1. The molecule has 0 atom stereocenters. The first-order chi connectivity index (χ1) is 9.90. The van der Waals surface area contributed by atoms with E-state index in [0.717, 1.165) is 0 Å². The molecule has 0 bridgehead atoms. The first kappa shape index (κ1) is 15.2. The number of primary amides is 1. The predicted octanol–water partition coefficient (Wildman–Crippen LogP) is 0.338. The van der Waals surface area contributed by atoms with Gasteiger partial charge in [0.25, 0.3) is 0 Å². The smallest absolute Gasteiger partial charge is 0.249 e. The van der Waals surface area contributed by atoms with Crippen molar-refractivity contribution in [2.24, 2.45) is 5.73 Å².